The molecular formula is C60H77N15O14. The molecule has 1 heterocycles. The van der Waals surface area contributed by atoms with Crippen LogP contribution < -0.4 is 76.5 Å². The molecule has 89 heavy (non-hydrogen) atoms. The topological polar surface area (TPSA) is 499 Å². The summed E-state index contributed by atoms with van der Waals surface area (Å²) in [7, 11) is 0. The molecule has 0 aliphatic carbocycles. The van der Waals surface area contributed by atoms with Gasteiger partial charge in [0.05, 0.1) is 32.0 Å². The Balaban J connectivity index is 1.28. The highest BCUT2D eigenvalue weighted by atomic mass is 16.3. The van der Waals surface area contributed by atoms with E-state index in [0.717, 1.165) is 0 Å². The van der Waals surface area contributed by atoms with Crippen molar-refractivity contribution in [2.24, 2.45) is 34.6 Å². The lowest BCUT2D eigenvalue weighted by molar-refractivity contribution is -0.136. The van der Waals surface area contributed by atoms with Gasteiger partial charge in [-0.1, -0.05) is 105 Å². The van der Waals surface area contributed by atoms with Crippen molar-refractivity contribution in [1.29, 1.82) is 0 Å². The molecule has 1 aromatic heterocycles. The SMILES string of the molecule is CC(C)C[C@H](NC(=O)CNC(=O)[C@H](Cc1ccccc1)NC(=O)[C@H](CO)NC(=O)[C@H](CC(N)=O)NC(=O)[C@H](Cc1c[nH]c2ccccc12)NC(=O)[C@H](CC(N)=O)NC(=O)[C@@H](N)Cc1ccc(O)cc1)C(=O)N[C@@H](CN)C(=O)N[C@@H](Cc1ccccc1)C(N)=O. The van der Waals surface area contributed by atoms with Gasteiger partial charge in [-0.05, 0) is 59.2 Å². The summed E-state index contributed by atoms with van der Waals surface area (Å²) in [5.74, 6) is -12.2. The zero-order valence-electron chi connectivity index (χ0n) is 49.0. The zero-order chi connectivity index (χ0) is 65.3. The molecule has 0 bridgehead atoms. The quantitative estimate of drug-likeness (QED) is 0.0183. The fourth-order valence-electron chi connectivity index (χ4n) is 9.24. The van der Waals surface area contributed by atoms with E-state index in [2.05, 4.69) is 52.8 Å². The Kier molecular flexibility index (Phi) is 26.7. The Morgan fingerprint density at radius 1 is 0.472 bits per heavy atom. The number of H-pyrrole nitrogens is 1. The maximum absolute atomic E-state index is 14.4. The summed E-state index contributed by atoms with van der Waals surface area (Å²) in [5.41, 5.74) is 31.4. The fourth-order valence-corrected chi connectivity index (χ4v) is 9.24. The minimum absolute atomic E-state index is 0.0330. The number of phenols is 1. The number of hydrogen-bond acceptors (Lipinski definition) is 16. The Morgan fingerprint density at radius 2 is 0.910 bits per heavy atom. The number of phenolic OH excluding ortho intramolecular Hbond substituents is 1. The van der Waals surface area contributed by atoms with Crippen molar-refractivity contribution < 1.29 is 67.7 Å². The number of aromatic nitrogens is 1. The summed E-state index contributed by atoms with van der Waals surface area (Å²) >= 11 is 0. The van der Waals surface area contributed by atoms with Crippen molar-refractivity contribution in [3.63, 3.8) is 0 Å². The Hall–Kier alpha value is -10.3. The highest BCUT2D eigenvalue weighted by molar-refractivity contribution is 6.00. The number of rotatable bonds is 35. The van der Waals surface area contributed by atoms with Gasteiger partial charge in [0.25, 0.3) is 0 Å². The van der Waals surface area contributed by atoms with Crippen molar-refractivity contribution in [3.8, 4) is 5.75 Å². The van der Waals surface area contributed by atoms with Gasteiger partial charge in [0.1, 0.15) is 54.1 Å². The van der Waals surface area contributed by atoms with Gasteiger partial charge in [-0.3, -0.25) is 57.5 Å². The molecule has 0 radical (unpaired) electrons. The second-order valence-corrected chi connectivity index (χ2v) is 21.5. The van der Waals surface area contributed by atoms with E-state index in [-0.39, 0.29) is 43.8 Å². The van der Waals surface area contributed by atoms with Gasteiger partial charge in [0, 0.05) is 42.9 Å². The number of hydrogen-bond donors (Lipinski definition) is 17. The van der Waals surface area contributed by atoms with E-state index < -0.39 is 158 Å². The second-order valence-electron chi connectivity index (χ2n) is 21.5. The van der Waals surface area contributed by atoms with Crippen molar-refractivity contribution >= 4 is 81.8 Å². The molecule has 476 valence electrons. The Bertz CT molecular complexity index is 3290. The number of carbonyl (C=O) groups excluding carboxylic acids is 12. The van der Waals surface area contributed by atoms with Crippen LogP contribution in [0.5, 0.6) is 5.75 Å². The predicted molar refractivity (Wildman–Crippen MR) is 323 cm³/mol. The number of primary amides is 3. The summed E-state index contributed by atoms with van der Waals surface area (Å²) in [5, 5.41) is 42.7. The van der Waals surface area contributed by atoms with Crippen LogP contribution in [0.1, 0.15) is 55.4 Å². The standard InChI is InChI=1S/C60H77N15O14/c1-32(2)21-42(55(84)74-47(28-61)59(88)69-41(52(65)81)23-33-11-5-3-6-12-33)68-51(80)30-67-54(83)43(24-34-13-7-4-8-14-34)71-60(89)48(31-76)75-58(87)46(27-50(64)79)73-56(85)44(25-36-29-66-40-16-10-9-15-38(36)40)72-57(86)45(26-49(63)78)70-53(82)39(62)22-35-17-19-37(77)20-18-35/h3-20,29,32,39,41-48,66,76-77H,21-28,30-31,61-62H2,1-2H3,(H2,63,78)(H2,64,79)(H2,65,81)(H,67,83)(H,68,80)(H,69,88)(H,70,82)(H,71,89)(H,72,86)(H,73,85)(H,74,84)(H,75,87)/t39-,41-,42-,43-,44-,45-,46-,47-,48-/m0/s1. The normalized spacial score (nSPS) is 14.1. The predicted octanol–water partition coefficient (Wildman–Crippen LogP) is -4.30. The van der Waals surface area contributed by atoms with Gasteiger partial charge in [-0.15, -0.1) is 0 Å². The maximum Gasteiger partial charge on any atom is 0.245 e. The van der Waals surface area contributed by atoms with Crippen molar-refractivity contribution in [2.75, 3.05) is 19.7 Å². The summed E-state index contributed by atoms with van der Waals surface area (Å²) in [6.45, 7) is 1.25. The number of aromatic hydroxyl groups is 1. The van der Waals surface area contributed by atoms with Crippen molar-refractivity contribution in [3.05, 3.63) is 138 Å². The van der Waals surface area contributed by atoms with Crippen LogP contribution in [0.2, 0.25) is 0 Å². The number of amides is 12. The van der Waals surface area contributed by atoms with Crippen LogP contribution in [-0.4, -0.2) is 160 Å². The van der Waals surface area contributed by atoms with Gasteiger partial charge >= 0.3 is 0 Å². The first-order chi connectivity index (χ1) is 42.3. The lowest BCUT2D eigenvalue weighted by atomic mass is 10.0. The third-order valence-corrected chi connectivity index (χ3v) is 13.9. The summed E-state index contributed by atoms with van der Waals surface area (Å²) in [6.07, 6.45) is -0.578. The monoisotopic (exact) mass is 1230 g/mol. The molecule has 29 nitrogen and oxygen atoms in total. The molecule has 0 saturated carbocycles. The van der Waals surface area contributed by atoms with Gasteiger partial charge in [0.2, 0.25) is 70.9 Å². The highest BCUT2D eigenvalue weighted by Crippen LogP contribution is 2.20. The number of aliphatic hydroxyl groups excluding tert-OH is 1. The van der Waals surface area contributed by atoms with E-state index in [1.807, 2.05) is 0 Å². The van der Waals surface area contributed by atoms with Crippen LogP contribution in [0, 0.1) is 5.92 Å². The Morgan fingerprint density at radius 3 is 1.45 bits per heavy atom. The van der Waals surface area contributed by atoms with Crippen LogP contribution in [0.15, 0.2) is 115 Å². The third-order valence-electron chi connectivity index (χ3n) is 13.9. The maximum atomic E-state index is 14.4. The number of nitrogens with one attached hydrogen (secondary N) is 10. The average molecular weight is 1230 g/mol. The lowest BCUT2D eigenvalue weighted by Gasteiger charge is -2.27. The first-order valence-corrected chi connectivity index (χ1v) is 28.4. The Labute approximate surface area is 511 Å². The molecule has 0 saturated heterocycles. The number of aliphatic hydroxyl groups is 1. The molecule has 0 spiro atoms. The first kappa shape index (κ1) is 69.5. The van der Waals surface area contributed by atoms with Crippen LogP contribution in [0.4, 0.5) is 0 Å². The average Bonchev–Trinajstić information content (AvgIpc) is 3.26. The van der Waals surface area contributed by atoms with E-state index in [1.54, 1.807) is 105 Å². The molecule has 4 aromatic carbocycles. The molecule has 5 aromatic rings. The molecule has 29 heteroatoms. The number of benzene rings is 4. The summed E-state index contributed by atoms with van der Waals surface area (Å²) in [4.78, 5) is 164. The van der Waals surface area contributed by atoms with E-state index in [4.69, 9.17) is 28.7 Å². The molecule has 9 atom stereocenters. The van der Waals surface area contributed by atoms with E-state index in [1.165, 1.54) is 24.3 Å². The minimum atomic E-state index is -1.90. The smallest absolute Gasteiger partial charge is 0.245 e. The number of nitrogens with two attached hydrogens (primary N) is 5. The molecule has 0 aliphatic heterocycles. The third kappa shape index (κ3) is 22.5. The second kappa shape index (κ2) is 34.2. The fraction of sp³-hybridized carbons (Fsp3) is 0.367. The summed E-state index contributed by atoms with van der Waals surface area (Å²) in [6, 6.07) is 16.0. The van der Waals surface area contributed by atoms with E-state index >= 15 is 0 Å². The van der Waals surface area contributed by atoms with Crippen LogP contribution in [-0.2, 0) is 83.2 Å². The van der Waals surface area contributed by atoms with E-state index in [0.29, 0.717) is 33.2 Å². The largest absolute Gasteiger partial charge is 0.508 e. The lowest BCUT2D eigenvalue weighted by Crippen LogP contribution is -2.61. The van der Waals surface area contributed by atoms with Crippen molar-refractivity contribution in [1.82, 2.24) is 52.8 Å². The molecule has 12 amide bonds. The summed E-state index contributed by atoms with van der Waals surface area (Å²) < 4.78 is 0. The number of para-hydroxylation sites is 1. The number of fused-ring (bicyclic) bond motifs is 1. The molecular weight excluding hydrogens is 1150 g/mol. The van der Waals surface area contributed by atoms with Gasteiger partial charge < -0.3 is 91.7 Å². The van der Waals surface area contributed by atoms with Gasteiger partial charge in [0.15, 0.2) is 0 Å². The van der Waals surface area contributed by atoms with Crippen LogP contribution in [0.3, 0.4) is 0 Å². The number of carbonyl (C=O) groups is 12. The first-order valence-electron chi connectivity index (χ1n) is 28.4. The minimum Gasteiger partial charge on any atom is -0.508 e. The van der Waals surface area contributed by atoms with Gasteiger partial charge in [-0.25, -0.2) is 0 Å². The molecule has 0 aliphatic rings. The van der Waals surface area contributed by atoms with E-state index in [9.17, 15) is 67.7 Å². The molecule has 0 unspecified atom stereocenters. The van der Waals surface area contributed by atoms with Gasteiger partial charge in [-0.2, -0.15) is 0 Å². The molecule has 22 N–H and O–H groups in total. The van der Waals surface area contributed by atoms with Crippen molar-refractivity contribution in [2.45, 2.75) is 113 Å². The van der Waals surface area contributed by atoms with Crippen LogP contribution in [0.25, 0.3) is 10.9 Å². The van der Waals surface area contributed by atoms with Crippen LogP contribution >= 0.6 is 0 Å². The molecule has 0 fully saturated rings. The zero-order valence-corrected chi connectivity index (χ0v) is 49.0. The molecule has 5 rings (SSSR count). The highest BCUT2D eigenvalue weighted by Gasteiger charge is 2.36. The number of aromatic amines is 1.